The van der Waals surface area contributed by atoms with Gasteiger partial charge >= 0.3 is 0 Å². The maximum absolute atomic E-state index is 4.90. The van der Waals surface area contributed by atoms with Gasteiger partial charge in [-0.25, -0.2) is 4.98 Å². The van der Waals surface area contributed by atoms with Crippen LogP contribution in [-0.2, 0) is 11.8 Å². The quantitative estimate of drug-likeness (QED) is 0.846. The molecule has 1 aliphatic rings. The molecule has 0 aliphatic heterocycles. The van der Waals surface area contributed by atoms with E-state index in [1.807, 2.05) is 11.3 Å². The number of nitrogens with one attached hydrogen (secondary N) is 1. The summed E-state index contributed by atoms with van der Waals surface area (Å²) in [5.41, 5.74) is 1.44. The van der Waals surface area contributed by atoms with Gasteiger partial charge in [0.2, 0.25) is 0 Å². The normalized spacial score (nSPS) is 23.7. The van der Waals surface area contributed by atoms with Gasteiger partial charge in [-0.15, -0.1) is 11.3 Å². The van der Waals surface area contributed by atoms with Gasteiger partial charge in [0.05, 0.1) is 10.7 Å². The molecule has 120 valence electrons. The molecule has 1 aromatic rings. The minimum atomic E-state index is 0.180. The third-order valence-corrected chi connectivity index (χ3v) is 5.48. The van der Waals surface area contributed by atoms with Crippen molar-refractivity contribution in [3.8, 4) is 0 Å². The van der Waals surface area contributed by atoms with E-state index in [4.69, 9.17) is 4.98 Å². The third-order valence-electron chi connectivity index (χ3n) is 4.61. The van der Waals surface area contributed by atoms with E-state index < -0.39 is 0 Å². The first-order valence-electron chi connectivity index (χ1n) is 8.54. The highest BCUT2D eigenvalue weighted by Crippen LogP contribution is 2.34. The number of hydrogen-bond acceptors (Lipinski definition) is 3. The van der Waals surface area contributed by atoms with E-state index in [2.05, 4.69) is 45.3 Å². The Labute approximate surface area is 134 Å². The van der Waals surface area contributed by atoms with Crippen LogP contribution in [0.25, 0.3) is 0 Å². The Hall–Kier alpha value is -0.410. The molecule has 2 rings (SSSR count). The summed E-state index contributed by atoms with van der Waals surface area (Å²) in [4.78, 5) is 4.90. The van der Waals surface area contributed by atoms with Crippen LogP contribution in [0.1, 0.15) is 71.0 Å². The maximum atomic E-state index is 4.90. The Morgan fingerprint density at radius 3 is 2.48 bits per heavy atom. The van der Waals surface area contributed by atoms with Crippen LogP contribution in [0.2, 0.25) is 0 Å². The summed E-state index contributed by atoms with van der Waals surface area (Å²) in [6.45, 7) is 12.4. The Balaban J connectivity index is 1.97. The minimum absolute atomic E-state index is 0.180. The van der Waals surface area contributed by atoms with Gasteiger partial charge in [-0.2, -0.15) is 0 Å². The van der Waals surface area contributed by atoms with E-state index in [0.717, 1.165) is 11.8 Å². The van der Waals surface area contributed by atoms with Crippen molar-refractivity contribution in [2.75, 3.05) is 6.54 Å². The van der Waals surface area contributed by atoms with Crippen LogP contribution >= 0.6 is 11.3 Å². The Bertz CT molecular complexity index is 431. The molecule has 1 aromatic heterocycles. The van der Waals surface area contributed by atoms with Crippen molar-refractivity contribution in [2.45, 2.75) is 78.2 Å². The van der Waals surface area contributed by atoms with Crippen molar-refractivity contribution in [1.82, 2.24) is 10.3 Å². The van der Waals surface area contributed by atoms with E-state index in [9.17, 15) is 0 Å². The highest BCUT2D eigenvalue weighted by molar-refractivity contribution is 7.09. The molecule has 0 radical (unpaired) electrons. The molecular formula is C18H32N2S. The van der Waals surface area contributed by atoms with Crippen LogP contribution < -0.4 is 5.32 Å². The lowest BCUT2D eigenvalue weighted by Crippen LogP contribution is -2.35. The molecule has 1 saturated carbocycles. The molecule has 2 atom stereocenters. The number of aromatic nitrogens is 1. The molecule has 0 amide bonds. The number of nitrogens with zero attached hydrogens (tertiary/aromatic N) is 1. The third kappa shape index (κ3) is 5.07. The Morgan fingerprint density at radius 1 is 1.24 bits per heavy atom. The van der Waals surface area contributed by atoms with Gasteiger partial charge in [0.15, 0.2) is 0 Å². The lowest BCUT2D eigenvalue weighted by molar-refractivity contribution is 0.224. The largest absolute Gasteiger partial charge is 0.314 e. The van der Waals surface area contributed by atoms with Gasteiger partial charge in [0.1, 0.15) is 0 Å². The highest BCUT2D eigenvalue weighted by Gasteiger charge is 2.27. The molecule has 1 fully saturated rings. The van der Waals surface area contributed by atoms with E-state index in [-0.39, 0.29) is 5.41 Å². The predicted molar refractivity (Wildman–Crippen MR) is 93.1 cm³/mol. The van der Waals surface area contributed by atoms with Crippen LogP contribution in [0.4, 0.5) is 0 Å². The van der Waals surface area contributed by atoms with Crippen molar-refractivity contribution in [1.29, 1.82) is 0 Å². The van der Waals surface area contributed by atoms with Crippen LogP contribution in [-0.4, -0.2) is 17.6 Å². The number of hydrogen-bond donors (Lipinski definition) is 1. The molecule has 2 unspecified atom stereocenters. The average molecular weight is 309 g/mol. The van der Waals surface area contributed by atoms with Crippen LogP contribution in [0.3, 0.4) is 0 Å². The number of thiazole rings is 1. The smallest absolute Gasteiger partial charge is 0.0931 e. The summed E-state index contributed by atoms with van der Waals surface area (Å²) in [6.07, 6.45) is 6.77. The number of rotatable bonds is 5. The zero-order valence-corrected chi connectivity index (χ0v) is 15.2. The van der Waals surface area contributed by atoms with Crippen LogP contribution in [0.15, 0.2) is 5.38 Å². The molecular weight excluding hydrogens is 276 g/mol. The summed E-state index contributed by atoms with van der Waals surface area (Å²) < 4.78 is 0. The predicted octanol–water partition coefficient (Wildman–Crippen LogP) is 4.79. The van der Waals surface area contributed by atoms with Crippen molar-refractivity contribution < 1.29 is 0 Å². The maximum Gasteiger partial charge on any atom is 0.0931 e. The average Bonchev–Trinajstić information content (AvgIpc) is 2.86. The summed E-state index contributed by atoms with van der Waals surface area (Å²) >= 11 is 1.86. The molecule has 1 heterocycles. The molecule has 0 saturated heterocycles. The molecule has 3 heteroatoms. The zero-order valence-electron chi connectivity index (χ0n) is 14.4. The topological polar surface area (TPSA) is 24.9 Å². The summed E-state index contributed by atoms with van der Waals surface area (Å²) in [5.74, 6) is 1.66. The molecule has 0 spiro atoms. The van der Waals surface area contributed by atoms with Crippen molar-refractivity contribution in [3.05, 3.63) is 16.1 Å². The Morgan fingerprint density at radius 2 is 1.90 bits per heavy atom. The molecule has 1 N–H and O–H groups in total. The van der Waals surface area contributed by atoms with Gasteiger partial charge < -0.3 is 5.32 Å². The summed E-state index contributed by atoms with van der Waals surface area (Å²) in [7, 11) is 0. The fourth-order valence-corrected chi connectivity index (χ4v) is 4.30. The fourth-order valence-electron chi connectivity index (χ4n) is 3.18. The zero-order chi connectivity index (χ0) is 15.5. The SMILES string of the molecule is CC(C)NCC1CCCCC1Cc1nc(C(C)(C)C)cs1. The second kappa shape index (κ2) is 7.23. The molecule has 0 aromatic carbocycles. The molecule has 21 heavy (non-hydrogen) atoms. The van der Waals surface area contributed by atoms with E-state index >= 15 is 0 Å². The standard InChI is InChI=1S/C18H32N2S/c1-13(2)19-11-15-9-7-6-8-14(15)10-17-20-16(12-21-17)18(3,4)5/h12-15,19H,6-11H2,1-5H3. The summed E-state index contributed by atoms with van der Waals surface area (Å²) in [5, 5.41) is 7.26. The van der Waals surface area contributed by atoms with Crippen LogP contribution in [0, 0.1) is 11.8 Å². The summed E-state index contributed by atoms with van der Waals surface area (Å²) in [6, 6.07) is 0.597. The first-order chi connectivity index (χ1) is 9.86. The highest BCUT2D eigenvalue weighted by atomic mass is 32.1. The van der Waals surface area contributed by atoms with Gasteiger partial charge in [0, 0.05) is 23.3 Å². The van der Waals surface area contributed by atoms with Gasteiger partial charge in [0.25, 0.3) is 0 Å². The lowest BCUT2D eigenvalue weighted by atomic mass is 9.77. The van der Waals surface area contributed by atoms with E-state index in [1.165, 1.54) is 49.4 Å². The first-order valence-corrected chi connectivity index (χ1v) is 9.42. The monoisotopic (exact) mass is 308 g/mol. The van der Waals surface area contributed by atoms with Gasteiger partial charge in [-0.1, -0.05) is 47.5 Å². The minimum Gasteiger partial charge on any atom is -0.314 e. The van der Waals surface area contributed by atoms with Gasteiger partial charge in [-0.05, 0) is 31.2 Å². The lowest BCUT2D eigenvalue weighted by Gasteiger charge is -2.32. The molecule has 1 aliphatic carbocycles. The second-order valence-corrected chi connectivity index (χ2v) is 8.89. The van der Waals surface area contributed by atoms with Crippen molar-refractivity contribution in [3.63, 3.8) is 0 Å². The molecule has 0 bridgehead atoms. The van der Waals surface area contributed by atoms with Crippen molar-refractivity contribution >= 4 is 11.3 Å². The van der Waals surface area contributed by atoms with Crippen molar-refractivity contribution in [2.24, 2.45) is 11.8 Å². The van der Waals surface area contributed by atoms with E-state index in [1.54, 1.807) is 0 Å². The first kappa shape index (κ1) is 17.0. The van der Waals surface area contributed by atoms with Crippen LogP contribution in [0.5, 0.6) is 0 Å². The van der Waals surface area contributed by atoms with Gasteiger partial charge in [-0.3, -0.25) is 0 Å². The second-order valence-electron chi connectivity index (χ2n) is 7.95. The fraction of sp³-hybridized carbons (Fsp3) is 0.833. The molecule has 2 nitrogen and oxygen atoms in total. The Kier molecular flexibility index (Phi) is 5.84. The van der Waals surface area contributed by atoms with E-state index in [0.29, 0.717) is 6.04 Å².